The van der Waals surface area contributed by atoms with E-state index in [1.165, 1.54) is 0 Å². The average molecular weight is 190 g/mol. The molecule has 0 saturated heterocycles. The standard InChI is InChI=1S/C9H18O2S/c1-4-8(9(10)11)12-6-5-7(2)3/h7-8H,4-6H2,1-3H3,(H,10,11). The Labute approximate surface area is 78.7 Å². The molecule has 1 atom stereocenters. The van der Waals surface area contributed by atoms with Crippen molar-refractivity contribution in [3.63, 3.8) is 0 Å². The molecule has 0 fully saturated rings. The molecular weight excluding hydrogens is 172 g/mol. The number of aliphatic carboxylic acids is 1. The highest BCUT2D eigenvalue weighted by Gasteiger charge is 2.14. The van der Waals surface area contributed by atoms with E-state index in [9.17, 15) is 4.79 Å². The van der Waals surface area contributed by atoms with E-state index in [4.69, 9.17) is 5.11 Å². The maximum atomic E-state index is 10.6. The van der Waals surface area contributed by atoms with Crippen LogP contribution in [0.5, 0.6) is 0 Å². The lowest BCUT2D eigenvalue weighted by Crippen LogP contribution is -2.15. The van der Waals surface area contributed by atoms with Gasteiger partial charge in [-0.25, -0.2) is 0 Å². The van der Waals surface area contributed by atoms with Gasteiger partial charge in [0, 0.05) is 0 Å². The van der Waals surface area contributed by atoms with E-state index in [0.717, 1.165) is 18.6 Å². The molecule has 12 heavy (non-hydrogen) atoms. The maximum absolute atomic E-state index is 10.6. The van der Waals surface area contributed by atoms with Crippen LogP contribution in [-0.2, 0) is 4.79 Å². The smallest absolute Gasteiger partial charge is 0.316 e. The molecule has 2 nitrogen and oxygen atoms in total. The topological polar surface area (TPSA) is 37.3 Å². The van der Waals surface area contributed by atoms with Gasteiger partial charge < -0.3 is 5.11 Å². The van der Waals surface area contributed by atoms with Gasteiger partial charge in [-0.05, 0) is 24.5 Å². The number of carboxylic acids is 1. The highest BCUT2D eigenvalue weighted by molar-refractivity contribution is 8.00. The minimum atomic E-state index is -0.675. The zero-order valence-corrected chi connectivity index (χ0v) is 8.86. The Morgan fingerprint density at radius 2 is 2.08 bits per heavy atom. The van der Waals surface area contributed by atoms with Gasteiger partial charge >= 0.3 is 5.97 Å². The molecule has 1 N–H and O–H groups in total. The fourth-order valence-corrected chi connectivity index (χ4v) is 2.08. The van der Waals surface area contributed by atoms with Gasteiger partial charge in [0.2, 0.25) is 0 Å². The van der Waals surface area contributed by atoms with Crippen LogP contribution in [0.15, 0.2) is 0 Å². The SMILES string of the molecule is CCC(SCCC(C)C)C(=O)O. The predicted octanol–water partition coefficient (Wildman–Crippen LogP) is 2.63. The largest absolute Gasteiger partial charge is 0.480 e. The highest BCUT2D eigenvalue weighted by Crippen LogP contribution is 2.17. The van der Waals surface area contributed by atoms with E-state index in [-0.39, 0.29) is 5.25 Å². The number of carbonyl (C=O) groups is 1. The molecule has 0 heterocycles. The lowest BCUT2D eigenvalue weighted by atomic mass is 10.2. The summed E-state index contributed by atoms with van der Waals surface area (Å²) < 4.78 is 0. The first-order valence-electron chi connectivity index (χ1n) is 4.42. The number of thioether (sulfide) groups is 1. The van der Waals surface area contributed by atoms with Gasteiger partial charge in [0.25, 0.3) is 0 Å². The van der Waals surface area contributed by atoms with Crippen molar-refractivity contribution >= 4 is 17.7 Å². The Morgan fingerprint density at radius 1 is 1.50 bits per heavy atom. The van der Waals surface area contributed by atoms with Crippen molar-refractivity contribution in [1.29, 1.82) is 0 Å². The normalized spacial score (nSPS) is 13.3. The van der Waals surface area contributed by atoms with Crippen molar-refractivity contribution in [3.8, 4) is 0 Å². The monoisotopic (exact) mass is 190 g/mol. The van der Waals surface area contributed by atoms with Crippen LogP contribution < -0.4 is 0 Å². The molecule has 3 heteroatoms. The minimum Gasteiger partial charge on any atom is -0.480 e. The number of hydrogen-bond acceptors (Lipinski definition) is 2. The number of carboxylic acid groups (broad SMARTS) is 1. The third kappa shape index (κ3) is 5.47. The average Bonchev–Trinajstić information content (AvgIpc) is 1.96. The van der Waals surface area contributed by atoms with Crippen LogP contribution in [0.3, 0.4) is 0 Å². The van der Waals surface area contributed by atoms with Crippen molar-refractivity contribution in [2.45, 2.75) is 38.9 Å². The molecule has 0 spiro atoms. The second-order valence-corrected chi connectivity index (χ2v) is 4.60. The van der Waals surface area contributed by atoms with Crippen molar-refractivity contribution in [2.24, 2.45) is 5.92 Å². The van der Waals surface area contributed by atoms with Gasteiger partial charge in [-0.2, -0.15) is 0 Å². The number of rotatable bonds is 6. The van der Waals surface area contributed by atoms with Crippen molar-refractivity contribution < 1.29 is 9.90 Å². The van der Waals surface area contributed by atoms with Gasteiger partial charge in [-0.1, -0.05) is 20.8 Å². The van der Waals surface area contributed by atoms with Crippen LogP contribution in [0.4, 0.5) is 0 Å². The van der Waals surface area contributed by atoms with Crippen LogP contribution >= 0.6 is 11.8 Å². The molecule has 0 aliphatic rings. The second kappa shape index (κ2) is 6.35. The summed E-state index contributed by atoms with van der Waals surface area (Å²) in [6, 6.07) is 0. The third-order valence-electron chi connectivity index (χ3n) is 1.66. The molecule has 0 rings (SSSR count). The predicted molar refractivity (Wildman–Crippen MR) is 53.6 cm³/mol. The molecule has 0 amide bonds. The Bertz CT molecular complexity index is 134. The van der Waals surface area contributed by atoms with Crippen LogP contribution in [0.1, 0.15) is 33.6 Å². The molecule has 0 aliphatic carbocycles. The zero-order valence-electron chi connectivity index (χ0n) is 8.04. The van der Waals surface area contributed by atoms with E-state index >= 15 is 0 Å². The molecule has 0 aromatic rings. The van der Waals surface area contributed by atoms with Crippen LogP contribution in [-0.4, -0.2) is 22.1 Å². The summed E-state index contributed by atoms with van der Waals surface area (Å²) in [5.41, 5.74) is 0. The van der Waals surface area contributed by atoms with Gasteiger partial charge in [-0.3, -0.25) is 4.79 Å². The Kier molecular flexibility index (Phi) is 6.25. The quantitative estimate of drug-likeness (QED) is 0.699. The lowest BCUT2D eigenvalue weighted by Gasteiger charge is -2.09. The van der Waals surface area contributed by atoms with Crippen molar-refractivity contribution in [1.82, 2.24) is 0 Å². The van der Waals surface area contributed by atoms with E-state index in [2.05, 4.69) is 13.8 Å². The Morgan fingerprint density at radius 3 is 2.42 bits per heavy atom. The first kappa shape index (κ1) is 11.8. The fraction of sp³-hybridized carbons (Fsp3) is 0.889. The molecular formula is C9H18O2S. The molecule has 0 radical (unpaired) electrons. The highest BCUT2D eigenvalue weighted by atomic mass is 32.2. The first-order chi connectivity index (χ1) is 5.57. The summed E-state index contributed by atoms with van der Waals surface area (Å²) in [5, 5.41) is 8.51. The van der Waals surface area contributed by atoms with Crippen LogP contribution in [0.25, 0.3) is 0 Å². The first-order valence-corrected chi connectivity index (χ1v) is 5.47. The van der Waals surface area contributed by atoms with Crippen molar-refractivity contribution in [2.75, 3.05) is 5.75 Å². The summed E-state index contributed by atoms with van der Waals surface area (Å²) in [4.78, 5) is 10.6. The van der Waals surface area contributed by atoms with E-state index in [0.29, 0.717) is 5.92 Å². The fourth-order valence-electron chi connectivity index (χ4n) is 0.810. The molecule has 0 aromatic heterocycles. The molecule has 0 aliphatic heterocycles. The molecule has 0 bridgehead atoms. The lowest BCUT2D eigenvalue weighted by molar-refractivity contribution is -0.136. The zero-order chi connectivity index (χ0) is 9.56. The van der Waals surface area contributed by atoms with Crippen LogP contribution in [0, 0.1) is 5.92 Å². The van der Waals surface area contributed by atoms with Gasteiger partial charge in [0.05, 0.1) is 0 Å². The summed E-state index contributed by atoms with van der Waals surface area (Å²) in [6.07, 6.45) is 1.83. The second-order valence-electron chi connectivity index (χ2n) is 3.29. The summed E-state index contributed by atoms with van der Waals surface area (Å²) in [5.74, 6) is 0.956. The summed E-state index contributed by atoms with van der Waals surface area (Å²) >= 11 is 1.56. The maximum Gasteiger partial charge on any atom is 0.316 e. The van der Waals surface area contributed by atoms with Gasteiger partial charge in [-0.15, -0.1) is 11.8 Å². The minimum absolute atomic E-state index is 0.205. The van der Waals surface area contributed by atoms with E-state index in [1.54, 1.807) is 11.8 Å². The third-order valence-corrected chi connectivity index (χ3v) is 3.07. The summed E-state index contributed by atoms with van der Waals surface area (Å²) in [6.45, 7) is 6.23. The molecule has 0 saturated carbocycles. The molecule has 1 unspecified atom stereocenters. The van der Waals surface area contributed by atoms with Gasteiger partial charge in [0.1, 0.15) is 5.25 Å². The van der Waals surface area contributed by atoms with Gasteiger partial charge in [0.15, 0.2) is 0 Å². The molecule has 72 valence electrons. The summed E-state index contributed by atoms with van der Waals surface area (Å²) in [7, 11) is 0. The van der Waals surface area contributed by atoms with Crippen molar-refractivity contribution in [3.05, 3.63) is 0 Å². The van der Waals surface area contributed by atoms with E-state index in [1.807, 2.05) is 6.92 Å². The Hall–Kier alpha value is -0.180. The van der Waals surface area contributed by atoms with E-state index < -0.39 is 5.97 Å². The number of hydrogen-bond donors (Lipinski definition) is 1. The Balaban J connectivity index is 3.52. The van der Waals surface area contributed by atoms with Crippen LogP contribution in [0.2, 0.25) is 0 Å². The molecule has 0 aromatic carbocycles.